The van der Waals surface area contributed by atoms with E-state index in [9.17, 15) is 0 Å². The maximum absolute atomic E-state index is 5.93. The fourth-order valence-electron chi connectivity index (χ4n) is 2.33. The van der Waals surface area contributed by atoms with E-state index in [0.717, 1.165) is 11.1 Å². The van der Waals surface area contributed by atoms with E-state index in [1.165, 1.54) is 5.56 Å². The normalized spacial score (nSPS) is 10.6. The Hall–Kier alpha value is -2.16. The van der Waals surface area contributed by atoms with Crippen molar-refractivity contribution in [3.8, 4) is 17.2 Å². The molecule has 3 heteroatoms. The summed E-state index contributed by atoms with van der Waals surface area (Å²) in [4.78, 5) is 0. The zero-order valence-corrected chi connectivity index (χ0v) is 14.0. The number of aryl methyl sites for hydroxylation is 1. The molecule has 3 nitrogen and oxygen atoms in total. The SMILES string of the molecule is COc1cc(C)cc(OCc2ccc(C(C)C)cc2)c1OC. The standard InChI is InChI=1S/C19H24O3/c1-13(2)16-8-6-15(7-9-16)12-22-18-11-14(3)10-17(20-4)19(18)21-5/h6-11,13H,12H2,1-5H3. The Morgan fingerprint density at radius 3 is 2.09 bits per heavy atom. The van der Waals surface area contributed by atoms with Crippen LogP contribution in [0.5, 0.6) is 17.2 Å². The van der Waals surface area contributed by atoms with Gasteiger partial charge in [0.15, 0.2) is 11.5 Å². The molecule has 0 amide bonds. The van der Waals surface area contributed by atoms with Gasteiger partial charge in [-0.05, 0) is 41.7 Å². The monoisotopic (exact) mass is 300 g/mol. The minimum atomic E-state index is 0.501. The molecule has 118 valence electrons. The molecule has 0 fully saturated rings. The van der Waals surface area contributed by atoms with Crippen molar-refractivity contribution in [1.29, 1.82) is 0 Å². The van der Waals surface area contributed by atoms with E-state index in [1.807, 2.05) is 19.1 Å². The van der Waals surface area contributed by atoms with Crippen molar-refractivity contribution >= 4 is 0 Å². The molecule has 0 unspecified atom stereocenters. The number of ether oxygens (including phenoxy) is 3. The Labute approximate surface area is 132 Å². The highest BCUT2D eigenvalue weighted by molar-refractivity contribution is 5.53. The van der Waals surface area contributed by atoms with Gasteiger partial charge >= 0.3 is 0 Å². The lowest BCUT2D eigenvalue weighted by atomic mass is 10.0. The quantitative estimate of drug-likeness (QED) is 0.773. The highest BCUT2D eigenvalue weighted by atomic mass is 16.5. The molecule has 2 rings (SSSR count). The first-order valence-electron chi connectivity index (χ1n) is 7.49. The topological polar surface area (TPSA) is 27.7 Å². The van der Waals surface area contributed by atoms with Gasteiger partial charge in [0.1, 0.15) is 6.61 Å². The van der Waals surface area contributed by atoms with E-state index < -0.39 is 0 Å². The van der Waals surface area contributed by atoms with E-state index >= 15 is 0 Å². The van der Waals surface area contributed by atoms with Crippen molar-refractivity contribution in [2.24, 2.45) is 0 Å². The zero-order chi connectivity index (χ0) is 16.1. The summed E-state index contributed by atoms with van der Waals surface area (Å²) in [6.45, 7) is 6.89. The largest absolute Gasteiger partial charge is 0.493 e. The first kappa shape index (κ1) is 16.2. The Bertz CT molecular complexity index is 615. The lowest BCUT2D eigenvalue weighted by molar-refractivity contribution is 0.275. The Morgan fingerprint density at radius 2 is 1.55 bits per heavy atom. The summed E-state index contributed by atoms with van der Waals surface area (Å²) in [6, 6.07) is 12.4. The molecule has 0 aliphatic rings. The number of methoxy groups -OCH3 is 2. The lowest BCUT2D eigenvalue weighted by Crippen LogP contribution is -2.00. The van der Waals surface area contributed by atoms with Gasteiger partial charge < -0.3 is 14.2 Å². The van der Waals surface area contributed by atoms with Crippen LogP contribution >= 0.6 is 0 Å². The van der Waals surface area contributed by atoms with Crippen molar-refractivity contribution in [2.75, 3.05) is 14.2 Å². The lowest BCUT2D eigenvalue weighted by Gasteiger charge is -2.15. The molecule has 0 spiro atoms. The molecular weight excluding hydrogens is 276 g/mol. The molecule has 22 heavy (non-hydrogen) atoms. The molecule has 0 radical (unpaired) electrons. The third-order valence-electron chi connectivity index (χ3n) is 3.63. The Morgan fingerprint density at radius 1 is 0.909 bits per heavy atom. The van der Waals surface area contributed by atoms with Crippen LogP contribution in [-0.2, 0) is 6.61 Å². The predicted octanol–water partition coefficient (Wildman–Crippen LogP) is 4.71. The summed E-state index contributed by atoms with van der Waals surface area (Å²) in [7, 11) is 3.25. The Balaban J connectivity index is 2.15. The fraction of sp³-hybridized carbons (Fsp3) is 0.368. The van der Waals surface area contributed by atoms with Crippen molar-refractivity contribution in [1.82, 2.24) is 0 Å². The van der Waals surface area contributed by atoms with Gasteiger partial charge in [-0.15, -0.1) is 0 Å². The van der Waals surface area contributed by atoms with Crippen LogP contribution in [0.2, 0.25) is 0 Å². The predicted molar refractivity (Wildman–Crippen MR) is 89.1 cm³/mol. The second-order valence-electron chi connectivity index (χ2n) is 5.68. The van der Waals surface area contributed by atoms with Crippen molar-refractivity contribution in [3.05, 3.63) is 53.1 Å². The average Bonchev–Trinajstić information content (AvgIpc) is 2.52. The molecule has 0 aromatic heterocycles. The van der Waals surface area contributed by atoms with E-state index in [4.69, 9.17) is 14.2 Å². The van der Waals surface area contributed by atoms with Crippen LogP contribution in [0.3, 0.4) is 0 Å². The van der Waals surface area contributed by atoms with Gasteiger partial charge in [-0.3, -0.25) is 0 Å². The van der Waals surface area contributed by atoms with Gasteiger partial charge in [0.2, 0.25) is 5.75 Å². The highest BCUT2D eigenvalue weighted by Crippen LogP contribution is 2.38. The molecular formula is C19H24O3. The summed E-state index contributed by atoms with van der Waals surface area (Å²) in [5, 5.41) is 0. The van der Waals surface area contributed by atoms with Crippen molar-refractivity contribution < 1.29 is 14.2 Å². The van der Waals surface area contributed by atoms with Gasteiger partial charge in [-0.2, -0.15) is 0 Å². The van der Waals surface area contributed by atoms with Crippen LogP contribution in [-0.4, -0.2) is 14.2 Å². The third-order valence-corrected chi connectivity index (χ3v) is 3.63. The smallest absolute Gasteiger partial charge is 0.203 e. The molecule has 2 aromatic carbocycles. The summed E-state index contributed by atoms with van der Waals surface area (Å²) in [5.41, 5.74) is 3.54. The van der Waals surface area contributed by atoms with E-state index in [1.54, 1.807) is 14.2 Å². The highest BCUT2D eigenvalue weighted by Gasteiger charge is 2.12. The van der Waals surface area contributed by atoms with Gasteiger partial charge in [-0.1, -0.05) is 38.1 Å². The maximum atomic E-state index is 5.93. The molecule has 0 N–H and O–H groups in total. The first-order valence-corrected chi connectivity index (χ1v) is 7.49. The minimum absolute atomic E-state index is 0.501. The molecule has 0 saturated heterocycles. The summed E-state index contributed by atoms with van der Waals surface area (Å²) < 4.78 is 16.7. The van der Waals surface area contributed by atoms with Crippen molar-refractivity contribution in [3.63, 3.8) is 0 Å². The van der Waals surface area contributed by atoms with E-state index in [2.05, 4.69) is 38.1 Å². The van der Waals surface area contributed by atoms with Crippen LogP contribution in [0.4, 0.5) is 0 Å². The van der Waals surface area contributed by atoms with Crippen LogP contribution in [0.15, 0.2) is 36.4 Å². The van der Waals surface area contributed by atoms with Crippen LogP contribution < -0.4 is 14.2 Å². The van der Waals surface area contributed by atoms with Gasteiger partial charge in [0.05, 0.1) is 14.2 Å². The van der Waals surface area contributed by atoms with E-state index in [0.29, 0.717) is 29.8 Å². The van der Waals surface area contributed by atoms with Gasteiger partial charge in [0.25, 0.3) is 0 Å². The molecule has 0 saturated carbocycles. The molecule has 0 aliphatic carbocycles. The van der Waals surface area contributed by atoms with Crippen LogP contribution in [0.1, 0.15) is 36.5 Å². The van der Waals surface area contributed by atoms with E-state index in [-0.39, 0.29) is 0 Å². The molecule has 0 heterocycles. The second-order valence-corrected chi connectivity index (χ2v) is 5.68. The second kappa shape index (κ2) is 7.21. The average molecular weight is 300 g/mol. The third kappa shape index (κ3) is 3.73. The zero-order valence-electron chi connectivity index (χ0n) is 14.0. The number of hydrogen-bond donors (Lipinski definition) is 0. The summed E-state index contributed by atoms with van der Waals surface area (Å²) >= 11 is 0. The molecule has 0 atom stereocenters. The molecule has 0 aliphatic heterocycles. The first-order chi connectivity index (χ1) is 10.5. The summed E-state index contributed by atoms with van der Waals surface area (Å²) in [5.74, 6) is 2.56. The minimum Gasteiger partial charge on any atom is -0.493 e. The molecule has 2 aromatic rings. The maximum Gasteiger partial charge on any atom is 0.203 e. The van der Waals surface area contributed by atoms with Crippen LogP contribution in [0.25, 0.3) is 0 Å². The summed E-state index contributed by atoms with van der Waals surface area (Å²) in [6.07, 6.45) is 0. The van der Waals surface area contributed by atoms with Crippen molar-refractivity contribution in [2.45, 2.75) is 33.3 Å². The number of benzene rings is 2. The van der Waals surface area contributed by atoms with Gasteiger partial charge in [-0.25, -0.2) is 0 Å². The number of rotatable bonds is 6. The molecule has 0 bridgehead atoms. The fourth-order valence-corrected chi connectivity index (χ4v) is 2.33. The number of hydrogen-bond acceptors (Lipinski definition) is 3. The Kier molecular flexibility index (Phi) is 5.31. The van der Waals surface area contributed by atoms with Gasteiger partial charge in [0, 0.05) is 0 Å². The van der Waals surface area contributed by atoms with Crippen LogP contribution in [0, 0.1) is 6.92 Å².